The molecule has 1 atom stereocenters. The Morgan fingerprint density at radius 2 is 1.88 bits per heavy atom. The van der Waals surface area contributed by atoms with E-state index in [1.807, 2.05) is 13.0 Å². The van der Waals surface area contributed by atoms with Gasteiger partial charge in [-0.25, -0.2) is 12.8 Å². The zero-order chi connectivity index (χ0) is 23.3. The first-order chi connectivity index (χ1) is 15.8. The van der Waals surface area contributed by atoms with Gasteiger partial charge in [0.05, 0.1) is 10.6 Å². The number of carbonyl (C=O) groups is 2. The van der Waals surface area contributed by atoms with Gasteiger partial charge in [0, 0.05) is 35.1 Å². The van der Waals surface area contributed by atoms with E-state index >= 15 is 0 Å². The molecule has 1 fully saturated rings. The van der Waals surface area contributed by atoms with Gasteiger partial charge in [0.15, 0.2) is 0 Å². The minimum atomic E-state index is -3.95. The van der Waals surface area contributed by atoms with Gasteiger partial charge in [-0.05, 0) is 62.2 Å². The lowest BCUT2D eigenvalue weighted by Gasteiger charge is -2.24. The highest BCUT2D eigenvalue weighted by molar-refractivity contribution is 7.89. The van der Waals surface area contributed by atoms with E-state index in [9.17, 15) is 22.4 Å². The fourth-order valence-electron chi connectivity index (χ4n) is 4.72. The van der Waals surface area contributed by atoms with Crippen molar-refractivity contribution in [3.8, 4) is 0 Å². The van der Waals surface area contributed by atoms with Crippen molar-refractivity contribution in [3.05, 3.63) is 66.0 Å². The van der Waals surface area contributed by atoms with Crippen LogP contribution in [0.15, 0.2) is 59.5 Å². The number of sulfonamides is 1. The van der Waals surface area contributed by atoms with Crippen LogP contribution in [-0.2, 0) is 14.8 Å². The van der Waals surface area contributed by atoms with Crippen LogP contribution in [0.25, 0.3) is 10.8 Å². The van der Waals surface area contributed by atoms with Gasteiger partial charge < -0.3 is 10.2 Å². The highest BCUT2D eigenvalue weighted by Crippen LogP contribution is 2.40. The Morgan fingerprint density at radius 3 is 2.61 bits per heavy atom. The molecule has 2 amide bonds. The maximum Gasteiger partial charge on any atom is 0.258 e. The largest absolute Gasteiger partial charge is 0.324 e. The molecule has 0 spiro atoms. The van der Waals surface area contributed by atoms with E-state index < -0.39 is 27.8 Å². The lowest BCUT2D eigenvalue weighted by molar-refractivity contribution is -0.119. The first-order valence-electron chi connectivity index (χ1n) is 10.8. The highest BCUT2D eigenvalue weighted by Gasteiger charge is 2.40. The first-order valence-corrected chi connectivity index (χ1v) is 12.2. The third kappa shape index (κ3) is 3.39. The predicted molar refractivity (Wildman–Crippen MR) is 123 cm³/mol. The number of rotatable bonds is 5. The Balaban J connectivity index is 1.46. The summed E-state index contributed by atoms with van der Waals surface area (Å²) in [6.45, 7) is 2.65. The molecule has 1 N–H and O–H groups in total. The quantitative estimate of drug-likeness (QED) is 0.619. The number of nitrogens with zero attached hydrogens (tertiary/aromatic N) is 2. The highest BCUT2D eigenvalue weighted by atomic mass is 32.2. The monoisotopic (exact) mass is 467 g/mol. The molecule has 0 radical (unpaired) electrons. The Bertz CT molecular complexity index is 1390. The van der Waals surface area contributed by atoms with Gasteiger partial charge in [-0.3, -0.25) is 9.59 Å². The molecule has 7 nitrogen and oxygen atoms in total. The van der Waals surface area contributed by atoms with Crippen LogP contribution in [0.2, 0.25) is 0 Å². The second-order valence-corrected chi connectivity index (χ2v) is 10.0. The van der Waals surface area contributed by atoms with Crippen LogP contribution in [0.1, 0.15) is 30.1 Å². The van der Waals surface area contributed by atoms with Crippen LogP contribution < -0.4 is 10.2 Å². The molecular formula is C24H22FN3O4S. The summed E-state index contributed by atoms with van der Waals surface area (Å²) in [5.74, 6) is -1.04. The average Bonchev–Trinajstić information content (AvgIpc) is 3.41. The fourth-order valence-corrected chi connectivity index (χ4v) is 6.37. The molecule has 5 rings (SSSR count). The van der Waals surface area contributed by atoms with Gasteiger partial charge in [-0.1, -0.05) is 12.1 Å². The number of amides is 2. The molecule has 0 saturated carbocycles. The number of hydrogen-bond acceptors (Lipinski definition) is 4. The van der Waals surface area contributed by atoms with Crippen LogP contribution in [-0.4, -0.2) is 43.7 Å². The number of benzene rings is 3. The maximum atomic E-state index is 13.3. The van der Waals surface area contributed by atoms with Gasteiger partial charge in [-0.15, -0.1) is 0 Å². The molecule has 3 aromatic rings. The summed E-state index contributed by atoms with van der Waals surface area (Å²) in [6.07, 6.45) is 0.929. The van der Waals surface area contributed by atoms with Gasteiger partial charge in [0.25, 0.3) is 5.91 Å². The van der Waals surface area contributed by atoms with E-state index in [1.165, 1.54) is 16.4 Å². The number of nitrogens with one attached hydrogen (secondary N) is 1. The molecule has 1 saturated heterocycles. The van der Waals surface area contributed by atoms with Crippen LogP contribution in [0, 0.1) is 5.82 Å². The number of halogens is 1. The van der Waals surface area contributed by atoms with Crippen LogP contribution in [0.5, 0.6) is 0 Å². The molecule has 33 heavy (non-hydrogen) atoms. The molecule has 2 heterocycles. The van der Waals surface area contributed by atoms with E-state index in [4.69, 9.17) is 0 Å². The predicted octanol–water partition coefficient (Wildman–Crippen LogP) is 3.75. The molecule has 2 aliphatic heterocycles. The van der Waals surface area contributed by atoms with Crippen molar-refractivity contribution in [2.75, 3.05) is 23.3 Å². The van der Waals surface area contributed by atoms with Gasteiger partial charge in [0.2, 0.25) is 15.9 Å². The summed E-state index contributed by atoms with van der Waals surface area (Å²) in [5, 5.41) is 4.40. The number of carbonyl (C=O) groups excluding carboxylic acids is 2. The molecular weight excluding hydrogens is 445 g/mol. The van der Waals surface area contributed by atoms with Crippen molar-refractivity contribution in [1.82, 2.24) is 4.31 Å². The molecule has 2 aliphatic rings. The Hall–Kier alpha value is -3.30. The molecule has 0 unspecified atom stereocenters. The van der Waals surface area contributed by atoms with Crippen LogP contribution in [0.3, 0.4) is 0 Å². The Labute approximate surface area is 190 Å². The maximum absolute atomic E-state index is 13.3. The van der Waals surface area contributed by atoms with Crippen molar-refractivity contribution in [2.45, 2.75) is 30.7 Å². The summed E-state index contributed by atoms with van der Waals surface area (Å²) < 4.78 is 40.7. The lowest BCUT2D eigenvalue weighted by atomic mass is 10.0. The van der Waals surface area contributed by atoms with Gasteiger partial charge in [-0.2, -0.15) is 4.31 Å². The minimum absolute atomic E-state index is 0.0490. The molecule has 9 heteroatoms. The van der Waals surface area contributed by atoms with E-state index in [1.54, 1.807) is 29.2 Å². The van der Waals surface area contributed by atoms with E-state index in [-0.39, 0.29) is 17.3 Å². The lowest BCUT2D eigenvalue weighted by Crippen LogP contribution is -2.43. The van der Waals surface area contributed by atoms with E-state index in [0.717, 1.165) is 28.6 Å². The smallest absolute Gasteiger partial charge is 0.258 e. The normalized spacial score (nSPS) is 18.3. The standard InChI is InChI=1S/C24H22FN3O4S/c1-2-27-20-13-12-19(17-5-3-6-18(22(17)20)24(27)30)26-23(29)21-7-4-14-28(21)33(31,32)16-10-8-15(25)9-11-16/h3,5-6,8-13,21H,2,4,7,14H2,1H3,(H,26,29)/t21-/m0/s1. The zero-order valence-corrected chi connectivity index (χ0v) is 18.7. The number of anilines is 2. The van der Waals surface area contributed by atoms with Crippen molar-refractivity contribution >= 4 is 44.0 Å². The van der Waals surface area contributed by atoms with Crippen molar-refractivity contribution < 1.29 is 22.4 Å². The summed E-state index contributed by atoms with van der Waals surface area (Å²) in [4.78, 5) is 27.6. The summed E-state index contributed by atoms with van der Waals surface area (Å²) in [6, 6.07) is 12.6. The summed E-state index contributed by atoms with van der Waals surface area (Å²) >= 11 is 0. The van der Waals surface area contributed by atoms with E-state index in [0.29, 0.717) is 30.6 Å². The topological polar surface area (TPSA) is 86.8 Å². The van der Waals surface area contributed by atoms with Crippen molar-refractivity contribution in [1.29, 1.82) is 0 Å². The second-order valence-electron chi connectivity index (χ2n) is 8.13. The Morgan fingerprint density at radius 1 is 1.12 bits per heavy atom. The molecule has 0 aliphatic carbocycles. The SMILES string of the molecule is CCN1C(=O)c2cccc3c(NC(=O)[C@@H]4CCCN4S(=O)(=O)c4ccc(F)cc4)ccc1c23. The molecule has 170 valence electrons. The third-order valence-electron chi connectivity index (χ3n) is 6.29. The van der Waals surface area contributed by atoms with Crippen molar-refractivity contribution in [2.24, 2.45) is 0 Å². The molecule has 3 aromatic carbocycles. The average molecular weight is 468 g/mol. The van der Waals surface area contributed by atoms with Gasteiger partial charge in [0.1, 0.15) is 11.9 Å². The van der Waals surface area contributed by atoms with Crippen molar-refractivity contribution in [3.63, 3.8) is 0 Å². The second kappa shape index (κ2) is 7.93. The Kier molecular flexibility index (Phi) is 5.18. The van der Waals surface area contributed by atoms with Gasteiger partial charge >= 0.3 is 0 Å². The number of hydrogen-bond donors (Lipinski definition) is 1. The molecule has 0 aromatic heterocycles. The van der Waals surface area contributed by atoms with Crippen LogP contribution in [0.4, 0.5) is 15.8 Å². The zero-order valence-electron chi connectivity index (χ0n) is 17.9. The first kappa shape index (κ1) is 21.5. The van der Waals surface area contributed by atoms with E-state index in [2.05, 4.69) is 5.32 Å². The van der Waals surface area contributed by atoms with Crippen LogP contribution >= 0.6 is 0 Å². The summed E-state index contributed by atoms with van der Waals surface area (Å²) in [7, 11) is -3.95. The molecule has 0 bridgehead atoms. The summed E-state index contributed by atoms with van der Waals surface area (Å²) in [5.41, 5.74) is 1.91. The third-order valence-corrected chi connectivity index (χ3v) is 8.21. The minimum Gasteiger partial charge on any atom is -0.324 e. The fraction of sp³-hybridized carbons (Fsp3) is 0.250.